The molecule has 1 saturated heterocycles. The van der Waals surface area contributed by atoms with Crippen molar-refractivity contribution in [3.8, 4) is 0 Å². The van der Waals surface area contributed by atoms with Gasteiger partial charge in [-0.05, 0) is 23.3 Å². The van der Waals surface area contributed by atoms with Crippen LogP contribution < -0.4 is 0 Å². The van der Waals surface area contributed by atoms with Crippen LogP contribution in [0.15, 0.2) is 77.8 Å². The molecule has 2 aromatic carbocycles. The molecule has 0 saturated carbocycles. The van der Waals surface area contributed by atoms with Crippen LogP contribution in [0.25, 0.3) is 12.2 Å². The first-order chi connectivity index (χ1) is 12.7. The Labute approximate surface area is 156 Å². The molecule has 130 valence electrons. The molecular formula is C21H18N2O2S. The van der Waals surface area contributed by atoms with E-state index in [-0.39, 0.29) is 11.8 Å². The number of nitrogens with zero attached hydrogens (tertiary/aromatic N) is 2. The highest BCUT2D eigenvalue weighted by molar-refractivity contribution is 8.14. The standard InChI is InChI=1S/C21H18N2O2S/c24-19(13-11-17-7-3-1-4-8-17)22-21-23(15-16-26-21)20(25)14-12-18-9-5-2-6-10-18/h1-14H,15-16H2/b13-11+,14-12+,22-21?. The topological polar surface area (TPSA) is 49.7 Å². The van der Waals surface area contributed by atoms with Crippen LogP contribution >= 0.6 is 11.8 Å². The zero-order valence-electron chi connectivity index (χ0n) is 14.1. The summed E-state index contributed by atoms with van der Waals surface area (Å²) >= 11 is 1.42. The first-order valence-corrected chi connectivity index (χ1v) is 9.24. The van der Waals surface area contributed by atoms with E-state index in [0.717, 1.165) is 16.9 Å². The Morgan fingerprint density at radius 1 is 0.885 bits per heavy atom. The Morgan fingerprint density at radius 2 is 1.46 bits per heavy atom. The maximum atomic E-state index is 12.4. The van der Waals surface area contributed by atoms with Gasteiger partial charge in [-0.25, -0.2) is 0 Å². The van der Waals surface area contributed by atoms with Crippen molar-refractivity contribution < 1.29 is 9.59 Å². The predicted octanol–water partition coefficient (Wildman–Crippen LogP) is 3.87. The molecule has 0 radical (unpaired) electrons. The zero-order chi connectivity index (χ0) is 18.2. The van der Waals surface area contributed by atoms with Crippen molar-refractivity contribution in [2.24, 2.45) is 4.99 Å². The van der Waals surface area contributed by atoms with Gasteiger partial charge in [-0.2, -0.15) is 4.99 Å². The maximum Gasteiger partial charge on any atom is 0.272 e. The Morgan fingerprint density at radius 3 is 2.08 bits per heavy atom. The smallest absolute Gasteiger partial charge is 0.272 e. The summed E-state index contributed by atoms with van der Waals surface area (Å²) in [5, 5.41) is 0.454. The fourth-order valence-electron chi connectivity index (χ4n) is 2.38. The summed E-state index contributed by atoms with van der Waals surface area (Å²) in [6, 6.07) is 19.2. The lowest BCUT2D eigenvalue weighted by atomic mass is 10.2. The summed E-state index contributed by atoms with van der Waals surface area (Å²) in [6.45, 7) is 0.553. The first-order valence-electron chi connectivity index (χ1n) is 8.25. The number of amides is 2. The molecule has 1 heterocycles. The first kappa shape index (κ1) is 17.9. The lowest BCUT2D eigenvalue weighted by Crippen LogP contribution is -2.30. The van der Waals surface area contributed by atoms with E-state index in [1.54, 1.807) is 17.1 Å². The molecule has 1 aliphatic rings. The van der Waals surface area contributed by atoms with Crippen molar-refractivity contribution >= 4 is 40.9 Å². The molecule has 2 aromatic rings. The number of carbonyl (C=O) groups excluding carboxylic acids is 2. The second-order valence-electron chi connectivity index (χ2n) is 5.56. The summed E-state index contributed by atoms with van der Waals surface area (Å²) in [6.07, 6.45) is 6.41. The average molecular weight is 362 g/mol. The monoisotopic (exact) mass is 362 g/mol. The summed E-state index contributed by atoms with van der Waals surface area (Å²) in [7, 11) is 0. The van der Waals surface area contributed by atoms with Crippen molar-refractivity contribution in [2.75, 3.05) is 12.3 Å². The number of thioether (sulfide) groups is 1. The Kier molecular flexibility index (Phi) is 6.17. The van der Waals surface area contributed by atoms with Crippen LogP contribution in [0.5, 0.6) is 0 Å². The van der Waals surface area contributed by atoms with Crippen LogP contribution in [0, 0.1) is 0 Å². The molecule has 0 atom stereocenters. The van der Waals surface area contributed by atoms with Crippen LogP contribution in [0.3, 0.4) is 0 Å². The van der Waals surface area contributed by atoms with E-state index in [4.69, 9.17) is 0 Å². The van der Waals surface area contributed by atoms with E-state index in [1.807, 2.05) is 60.7 Å². The molecule has 5 heteroatoms. The molecule has 0 N–H and O–H groups in total. The quantitative estimate of drug-likeness (QED) is 0.776. The third-order valence-corrected chi connectivity index (χ3v) is 4.64. The average Bonchev–Trinajstić information content (AvgIpc) is 3.14. The number of amidine groups is 1. The van der Waals surface area contributed by atoms with E-state index in [2.05, 4.69) is 4.99 Å². The molecule has 0 aromatic heterocycles. The fraction of sp³-hybridized carbons (Fsp3) is 0.0952. The van der Waals surface area contributed by atoms with Gasteiger partial charge in [-0.3, -0.25) is 14.5 Å². The molecule has 1 fully saturated rings. The van der Waals surface area contributed by atoms with Gasteiger partial charge < -0.3 is 0 Å². The highest BCUT2D eigenvalue weighted by atomic mass is 32.2. The van der Waals surface area contributed by atoms with Crippen LogP contribution in [0.4, 0.5) is 0 Å². The Bertz CT molecular complexity index is 858. The van der Waals surface area contributed by atoms with E-state index < -0.39 is 0 Å². The number of benzene rings is 2. The van der Waals surface area contributed by atoms with E-state index in [9.17, 15) is 9.59 Å². The molecule has 0 aliphatic carbocycles. The van der Waals surface area contributed by atoms with Crippen LogP contribution in [-0.2, 0) is 9.59 Å². The molecule has 3 rings (SSSR count). The second kappa shape index (κ2) is 8.97. The number of aliphatic imine (C=N–C) groups is 1. The highest BCUT2D eigenvalue weighted by Gasteiger charge is 2.24. The van der Waals surface area contributed by atoms with Gasteiger partial charge in [0, 0.05) is 24.4 Å². The number of hydrogen-bond donors (Lipinski definition) is 0. The Balaban J connectivity index is 1.66. The van der Waals surface area contributed by atoms with Crippen molar-refractivity contribution in [3.63, 3.8) is 0 Å². The van der Waals surface area contributed by atoms with Gasteiger partial charge >= 0.3 is 0 Å². The number of hydrogen-bond acceptors (Lipinski definition) is 3. The van der Waals surface area contributed by atoms with E-state index in [0.29, 0.717) is 11.7 Å². The molecule has 0 bridgehead atoms. The van der Waals surface area contributed by atoms with Gasteiger partial charge in [-0.1, -0.05) is 72.4 Å². The largest absolute Gasteiger partial charge is 0.287 e. The predicted molar refractivity (Wildman–Crippen MR) is 108 cm³/mol. The minimum atomic E-state index is -0.372. The minimum absolute atomic E-state index is 0.169. The van der Waals surface area contributed by atoms with Crippen molar-refractivity contribution in [1.29, 1.82) is 0 Å². The summed E-state index contributed by atoms with van der Waals surface area (Å²) in [4.78, 5) is 30.1. The van der Waals surface area contributed by atoms with Crippen LogP contribution in [0.2, 0.25) is 0 Å². The van der Waals surface area contributed by atoms with Gasteiger partial charge in [0.05, 0.1) is 0 Å². The highest BCUT2D eigenvalue weighted by Crippen LogP contribution is 2.19. The third kappa shape index (κ3) is 5.04. The van der Waals surface area contributed by atoms with E-state index >= 15 is 0 Å². The summed E-state index contributed by atoms with van der Waals surface area (Å²) in [5.41, 5.74) is 1.88. The maximum absolute atomic E-state index is 12.4. The Hall–Kier alpha value is -2.92. The van der Waals surface area contributed by atoms with Crippen molar-refractivity contribution in [3.05, 3.63) is 83.9 Å². The molecule has 0 unspecified atom stereocenters. The fourth-order valence-corrected chi connectivity index (χ4v) is 3.33. The number of carbonyl (C=O) groups is 2. The van der Waals surface area contributed by atoms with Gasteiger partial charge in [0.25, 0.3) is 11.8 Å². The molecule has 26 heavy (non-hydrogen) atoms. The lowest BCUT2D eigenvalue weighted by Gasteiger charge is -2.12. The SMILES string of the molecule is O=C(/C=C/c1ccccc1)N=C1SCCN1C(=O)/C=C/c1ccccc1. The summed E-state index contributed by atoms with van der Waals surface area (Å²) in [5.74, 6) is 0.194. The molecule has 2 amide bonds. The van der Waals surface area contributed by atoms with Crippen LogP contribution in [0.1, 0.15) is 11.1 Å². The number of rotatable bonds is 4. The molecule has 0 spiro atoms. The molecular weight excluding hydrogens is 344 g/mol. The van der Waals surface area contributed by atoms with Gasteiger partial charge in [-0.15, -0.1) is 0 Å². The lowest BCUT2D eigenvalue weighted by molar-refractivity contribution is -0.121. The normalized spacial score (nSPS) is 16.0. The van der Waals surface area contributed by atoms with Gasteiger partial charge in [0.15, 0.2) is 5.17 Å². The van der Waals surface area contributed by atoms with Crippen molar-refractivity contribution in [2.45, 2.75) is 0 Å². The zero-order valence-corrected chi connectivity index (χ0v) is 14.9. The summed E-state index contributed by atoms with van der Waals surface area (Å²) < 4.78 is 0. The van der Waals surface area contributed by atoms with Gasteiger partial charge in [0.2, 0.25) is 0 Å². The second-order valence-corrected chi connectivity index (χ2v) is 6.62. The van der Waals surface area contributed by atoms with Gasteiger partial charge in [0.1, 0.15) is 0 Å². The third-order valence-electron chi connectivity index (χ3n) is 3.68. The molecule has 1 aliphatic heterocycles. The van der Waals surface area contributed by atoms with Crippen LogP contribution in [-0.4, -0.2) is 34.2 Å². The molecule has 4 nitrogen and oxygen atoms in total. The van der Waals surface area contributed by atoms with E-state index in [1.165, 1.54) is 23.9 Å². The minimum Gasteiger partial charge on any atom is -0.287 e. The van der Waals surface area contributed by atoms with Crippen molar-refractivity contribution in [1.82, 2.24) is 4.90 Å².